The van der Waals surface area contributed by atoms with Crippen molar-refractivity contribution in [2.75, 3.05) is 26.2 Å². The predicted octanol–water partition coefficient (Wildman–Crippen LogP) is 2.07. The molecule has 0 spiro atoms. The molecular formula is C22H33N6OS+. The van der Waals surface area contributed by atoms with E-state index in [9.17, 15) is 4.79 Å². The molecule has 162 valence electrons. The molecule has 0 saturated carbocycles. The normalized spacial score (nSPS) is 22.7. The van der Waals surface area contributed by atoms with Crippen LogP contribution in [0.4, 0.5) is 0 Å². The highest BCUT2D eigenvalue weighted by Crippen LogP contribution is 2.18. The molecule has 0 bridgehead atoms. The van der Waals surface area contributed by atoms with Crippen LogP contribution in [0.15, 0.2) is 18.2 Å². The number of aromatic nitrogens is 4. The molecule has 0 radical (unpaired) electrons. The van der Waals surface area contributed by atoms with Gasteiger partial charge in [0.2, 0.25) is 10.7 Å². The lowest BCUT2D eigenvalue weighted by Crippen LogP contribution is -3.12. The van der Waals surface area contributed by atoms with Crippen LogP contribution >= 0.6 is 12.2 Å². The highest BCUT2D eigenvalue weighted by Gasteiger charge is 2.31. The van der Waals surface area contributed by atoms with Gasteiger partial charge in [0.15, 0.2) is 6.67 Å². The number of rotatable bonds is 4. The quantitative estimate of drug-likeness (QED) is 0.756. The third-order valence-corrected chi connectivity index (χ3v) is 7.16. The summed E-state index contributed by atoms with van der Waals surface area (Å²) in [6.45, 7) is 8.72. The van der Waals surface area contributed by atoms with Gasteiger partial charge in [0.05, 0.1) is 18.8 Å². The third kappa shape index (κ3) is 4.49. The minimum atomic E-state index is 0.186. The number of hydrogen-bond donors (Lipinski definition) is 1. The van der Waals surface area contributed by atoms with Crippen LogP contribution in [-0.4, -0.2) is 56.8 Å². The molecule has 1 aromatic carbocycles. The predicted molar refractivity (Wildman–Crippen MR) is 118 cm³/mol. The maximum absolute atomic E-state index is 12.9. The highest BCUT2D eigenvalue weighted by molar-refractivity contribution is 7.71. The minimum absolute atomic E-state index is 0.186. The summed E-state index contributed by atoms with van der Waals surface area (Å²) in [6, 6.07) is 6.15. The van der Waals surface area contributed by atoms with Crippen molar-refractivity contribution in [3.63, 3.8) is 0 Å². The Morgan fingerprint density at radius 1 is 1.10 bits per heavy atom. The van der Waals surface area contributed by atoms with Gasteiger partial charge in [-0.15, -0.1) is 0 Å². The number of carbonyl (C=O) groups is 1. The number of tetrazole rings is 1. The number of benzene rings is 1. The van der Waals surface area contributed by atoms with Gasteiger partial charge in [-0.05, 0) is 66.5 Å². The Hall–Kier alpha value is -2.06. The molecule has 0 unspecified atom stereocenters. The zero-order chi connectivity index (χ0) is 21.1. The van der Waals surface area contributed by atoms with Gasteiger partial charge in [-0.3, -0.25) is 4.79 Å². The molecule has 8 heteroatoms. The summed E-state index contributed by atoms with van der Waals surface area (Å²) in [7, 11) is 0. The molecule has 1 aromatic heterocycles. The second-order valence-corrected chi connectivity index (χ2v) is 9.18. The number of nitrogens with zero attached hydrogens (tertiary/aromatic N) is 5. The van der Waals surface area contributed by atoms with E-state index in [1.54, 1.807) is 4.68 Å². The van der Waals surface area contributed by atoms with Crippen LogP contribution in [0.1, 0.15) is 49.7 Å². The van der Waals surface area contributed by atoms with E-state index in [1.165, 1.54) is 28.9 Å². The van der Waals surface area contributed by atoms with E-state index in [2.05, 4.69) is 35.2 Å². The topological polar surface area (TPSA) is 60.4 Å². The lowest BCUT2D eigenvalue weighted by molar-refractivity contribution is -0.929. The summed E-state index contributed by atoms with van der Waals surface area (Å²) in [4.78, 5) is 16.4. The number of quaternary nitrogens is 1. The fourth-order valence-corrected chi connectivity index (χ4v) is 4.92. The van der Waals surface area contributed by atoms with E-state index >= 15 is 0 Å². The zero-order valence-corrected chi connectivity index (χ0v) is 19.0. The molecule has 2 aromatic rings. The minimum Gasteiger partial charge on any atom is -0.342 e. The number of piperidine rings is 1. The van der Waals surface area contributed by atoms with E-state index in [-0.39, 0.29) is 5.92 Å². The van der Waals surface area contributed by atoms with Crippen LogP contribution < -0.4 is 4.90 Å². The number of amides is 1. The largest absolute Gasteiger partial charge is 0.342 e. The van der Waals surface area contributed by atoms with Crippen LogP contribution in [0, 0.1) is 24.5 Å². The number of nitrogens with one attached hydrogen (secondary N) is 1. The van der Waals surface area contributed by atoms with Crippen LogP contribution in [0.25, 0.3) is 5.69 Å². The summed E-state index contributed by atoms with van der Waals surface area (Å²) in [5.74, 6) is 0.568. The zero-order valence-electron chi connectivity index (χ0n) is 18.1. The summed E-state index contributed by atoms with van der Waals surface area (Å²) < 4.78 is 4.20. The number of likely N-dealkylation sites (tertiary alicyclic amines) is 2. The van der Waals surface area contributed by atoms with Gasteiger partial charge in [-0.25, -0.2) is 0 Å². The molecule has 2 fully saturated rings. The summed E-state index contributed by atoms with van der Waals surface area (Å²) in [5.41, 5.74) is 3.37. The van der Waals surface area contributed by atoms with Crippen LogP contribution in [0.2, 0.25) is 0 Å². The van der Waals surface area contributed by atoms with E-state index < -0.39 is 0 Å². The van der Waals surface area contributed by atoms with Crippen LogP contribution in [-0.2, 0) is 11.5 Å². The average Bonchev–Trinajstić information content (AvgIpc) is 2.96. The number of aryl methyl sites for hydroxylation is 1. The first kappa shape index (κ1) is 21.2. The van der Waals surface area contributed by atoms with Crippen molar-refractivity contribution in [1.29, 1.82) is 0 Å². The van der Waals surface area contributed by atoms with Gasteiger partial charge < -0.3 is 9.80 Å². The van der Waals surface area contributed by atoms with Crippen LogP contribution in [0.5, 0.6) is 0 Å². The first-order chi connectivity index (χ1) is 14.5. The maximum Gasteiger partial charge on any atom is 0.226 e. The molecule has 7 nitrogen and oxygen atoms in total. The molecule has 2 saturated heterocycles. The molecule has 30 heavy (non-hydrogen) atoms. The molecule has 1 N–H and O–H groups in total. The first-order valence-electron chi connectivity index (χ1n) is 11.3. The molecule has 1 amide bonds. The van der Waals surface area contributed by atoms with E-state index in [4.69, 9.17) is 12.2 Å². The number of hydrogen-bond acceptors (Lipinski definition) is 4. The average molecular weight is 430 g/mol. The van der Waals surface area contributed by atoms with Crippen molar-refractivity contribution >= 4 is 18.1 Å². The Morgan fingerprint density at radius 3 is 2.50 bits per heavy atom. The second-order valence-electron chi connectivity index (χ2n) is 8.81. The maximum atomic E-state index is 12.9. The van der Waals surface area contributed by atoms with Crippen molar-refractivity contribution in [3.05, 3.63) is 34.1 Å². The summed E-state index contributed by atoms with van der Waals surface area (Å²) >= 11 is 5.67. The van der Waals surface area contributed by atoms with Crippen molar-refractivity contribution < 1.29 is 9.69 Å². The van der Waals surface area contributed by atoms with E-state index in [0.29, 0.717) is 17.3 Å². The van der Waals surface area contributed by atoms with Gasteiger partial charge in [-0.1, -0.05) is 25.0 Å². The van der Waals surface area contributed by atoms with Crippen molar-refractivity contribution in [2.45, 2.75) is 59.0 Å². The Labute approximate surface area is 183 Å². The molecular weight excluding hydrogens is 396 g/mol. The Balaban J connectivity index is 1.37. The molecule has 2 aliphatic rings. The van der Waals surface area contributed by atoms with Gasteiger partial charge >= 0.3 is 0 Å². The summed E-state index contributed by atoms with van der Waals surface area (Å²) in [5, 5.41) is 8.64. The van der Waals surface area contributed by atoms with Gasteiger partial charge in [0, 0.05) is 31.8 Å². The van der Waals surface area contributed by atoms with Gasteiger partial charge in [-0.2, -0.15) is 9.36 Å². The van der Waals surface area contributed by atoms with Gasteiger partial charge in [0.25, 0.3) is 0 Å². The van der Waals surface area contributed by atoms with Crippen LogP contribution in [0.3, 0.4) is 0 Å². The fraction of sp³-hybridized carbons (Fsp3) is 0.636. The van der Waals surface area contributed by atoms with Crippen molar-refractivity contribution in [3.8, 4) is 5.69 Å². The Morgan fingerprint density at radius 2 is 1.80 bits per heavy atom. The lowest BCUT2D eigenvalue weighted by atomic mass is 9.95. The molecule has 3 heterocycles. The number of carbonyl (C=O) groups excluding carboxylic acids is 1. The standard InChI is InChI=1S/C22H32N6OS/c1-17-8-7-9-20(18(17)2)28-22(30)27(23-24-28)16-25-14-10-19(11-15-25)21(29)26-12-5-3-4-6-13-26/h7-9,19H,3-6,10-16H2,1-2H3/p+1. The van der Waals surface area contributed by atoms with Gasteiger partial charge in [0.1, 0.15) is 0 Å². The van der Waals surface area contributed by atoms with E-state index in [0.717, 1.165) is 57.5 Å². The molecule has 0 aliphatic carbocycles. The van der Waals surface area contributed by atoms with Crippen molar-refractivity contribution in [1.82, 2.24) is 24.7 Å². The Kier molecular flexibility index (Phi) is 6.63. The molecule has 0 atom stereocenters. The molecule has 4 rings (SSSR count). The molecule has 2 aliphatic heterocycles. The SMILES string of the molecule is Cc1cccc(-n2nnn(C[NH+]3CCC(C(=O)N4CCCCCC4)CC3)c2=S)c1C. The second kappa shape index (κ2) is 9.39. The highest BCUT2D eigenvalue weighted by atomic mass is 32.1. The third-order valence-electron chi connectivity index (χ3n) is 6.78. The smallest absolute Gasteiger partial charge is 0.226 e. The summed E-state index contributed by atoms with van der Waals surface area (Å²) in [6.07, 6.45) is 6.73. The fourth-order valence-electron chi connectivity index (χ4n) is 4.68. The Bertz CT molecular complexity index is 935. The lowest BCUT2D eigenvalue weighted by Gasteiger charge is -2.31. The van der Waals surface area contributed by atoms with Crippen molar-refractivity contribution in [2.24, 2.45) is 5.92 Å². The van der Waals surface area contributed by atoms with E-state index in [1.807, 2.05) is 16.8 Å². The first-order valence-corrected chi connectivity index (χ1v) is 11.7. The monoisotopic (exact) mass is 429 g/mol.